The van der Waals surface area contributed by atoms with E-state index in [1.54, 1.807) is 47.5 Å². The van der Waals surface area contributed by atoms with Crippen LogP contribution in [0.2, 0.25) is 15.1 Å². The quantitative estimate of drug-likeness (QED) is 0.300. The zero-order valence-corrected chi connectivity index (χ0v) is 24.5. The number of carbonyl (C=O) groups excluding carboxylic acids is 3. The van der Waals surface area contributed by atoms with Crippen molar-refractivity contribution >= 4 is 58.2 Å². The summed E-state index contributed by atoms with van der Waals surface area (Å²) in [5, 5.41) is 9.50. The topological polar surface area (TPSA) is 97.6 Å². The van der Waals surface area contributed by atoms with Crippen molar-refractivity contribution in [3.8, 4) is 5.69 Å². The summed E-state index contributed by atoms with van der Waals surface area (Å²) in [6, 6.07) is 12.1. The molecule has 5 atom stereocenters. The maximum absolute atomic E-state index is 13.9. The molecule has 1 aliphatic carbocycles. The number of amides is 3. The van der Waals surface area contributed by atoms with Crippen LogP contribution in [0.3, 0.4) is 0 Å². The Morgan fingerprint density at radius 3 is 2.51 bits per heavy atom. The van der Waals surface area contributed by atoms with Crippen molar-refractivity contribution in [3.63, 3.8) is 0 Å². The number of hydrogen-bond donors (Lipinski definition) is 0. The second-order valence-corrected chi connectivity index (χ2v) is 12.1. The Balaban J connectivity index is 1.16. The van der Waals surface area contributed by atoms with Crippen LogP contribution in [0.5, 0.6) is 0 Å². The lowest BCUT2D eigenvalue weighted by molar-refractivity contribution is -0.150. The van der Waals surface area contributed by atoms with Crippen molar-refractivity contribution in [3.05, 3.63) is 69.4 Å². The lowest BCUT2D eigenvalue weighted by Crippen LogP contribution is -2.51. The molecule has 0 N–H and O–H groups in total. The van der Waals surface area contributed by atoms with E-state index in [9.17, 15) is 14.4 Å². The summed E-state index contributed by atoms with van der Waals surface area (Å²) in [5.74, 6) is -2.25. The molecular weight excluding hydrogens is 589 g/mol. The normalized spacial score (nSPS) is 26.4. The molecule has 0 spiro atoms. The maximum atomic E-state index is 13.9. The van der Waals surface area contributed by atoms with E-state index in [2.05, 4.69) is 10.3 Å². The number of fused-ring (bicyclic) bond motifs is 1. The van der Waals surface area contributed by atoms with Crippen LogP contribution in [-0.2, 0) is 25.5 Å². The summed E-state index contributed by atoms with van der Waals surface area (Å²) >= 11 is 18.5. The van der Waals surface area contributed by atoms with Gasteiger partial charge in [0.05, 0.1) is 68.8 Å². The highest BCUT2D eigenvalue weighted by atomic mass is 35.5. The van der Waals surface area contributed by atoms with Crippen molar-refractivity contribution in [1.29, 1.82) is 0 Å². The molecule has 6 rings (SSSR count). The van der Waals surface area contributed by atoms with E-state index in [1.165, 1.54) is 9.58 Å². The first-order valence-corrected chi connectivity index (χ1v) is 14.8. The molecule has 1 saturated carbocycles. The number of morpholine rings is 1. The molecule has 1 aromatic heterocycles. The third kappa shape index (κ3) is 5.25. The third-order valence-corrected chi connectivity index (χ3v) is 9.40. The second-order valence-electron chi connectivity index (χ2n) is 10.9. The van der Waals surface area contributed by atoms with Gasteiger partial charge in [0.15, 0.2) is 0 Å². The van der Waals surface area contributed by atoms with E-state index >= 15 is 0 Å². The highest BCUT2D eigenvalue weighted by Crippen LogP contribution is 2.47. The minimum absolute atomic E-state index is 0.0262. The first-order chi connectivity index (χ1) is 19.7. The van der Waals surface area contributed by atoms with Gasteiger partial charge in [-0.15, -0.1) is 5.10 Å². The number of para-hydroxylation sites is 1. The van der Waals surface area contributed by atoms with Crippen LogP contribution < -0.4 is 4.90 Å². The monoisotopic (exact) mass is 615 g/mol. The average molecular weight is 617 g/mol. The van der Waals surface area contributed by atoms with E-state index in [0.29, 0.717) is 71.1 Å². The molecule has 0 bridgehead atoms. The molecule has 3 fully saturated rings. The van der Waals surface area contributed by atoms with Crippen molar-refractivity contribution in [2.24, 2.45) is 23.7 Å². The molecule has 3 amide bonds. The zero-order chi connectivity index (χ0) is 28.8. The molecule has 3 aromatic rings. The number of rotatable bonds is 5. The van der Waals surface area contributed by atoms with E-state index in [1.807, 2.05) is 13.0 Å². The van der Waals surface area contributed by atoms with Gasteiger partial charge in [-0.05, 0) is 43.0 Å². The molecule has 0 radical (unpaired) electrons. The highest BCUT2D eigenvalue weighted by Gasteiger charge is 2.57. The fraction of sp³-hybridized carbons (Fsp3) is 0.414. The number of halogens is 3. The van der Waals surface area contributed by atoms with E-state index in [4.69, 9.17) is 39.5 Å². The molecule has 9 nitrogen and oxygen atoms in total. The summed E-state index contributed by atoms with van der Waals surface area (Å²) in [4.78, 5) is 44.0. The van der Waals surface area contributed by atoms with Crippen LogP contribution in [-0.4, -0.2) is 63.4 Å². The van der Waals surface area contributed by atoms with Crippen LogP contribution >= 0.6 is 34.8 Å². The molecule has 5 unspecified atom stereocenters. The molecule has 2 aliphatic heterocycles. The second kappa shape index (κ2) is 11.4. The Morgan fingerprint density at radius 1 is 1.00 bits per heavy atom. The van der Waals surface area contributed by atoms with E-state index in [-0.39, 0.29) is 29.7 Å². The standard InChI is InChI=1S/C29H28Cl3N5O4/c1-16-7-8-20(26-25(16)28(39)37(29(26)40)18-5-3-2-4-6-18)27(38)35-9-10-41-19(15-35)11-17-14-36(34-33-17)24-13-22(31)21(30)12-23(24)32/h2-6,12-14,16,19-20,25-26H,7-11,15H2,1H3. The number of anilines is 1. The number of benzene rings is 2. The fourth-order valence-electron chi connectivity index (χ4n) is 6.35. The third-order valence-electron chi connectivity index (χ3n) is 8.37. The van der Waals surface area contributed by atoms with E-state index < -0.39 is 17.8 Å². The molecule has 2 aromatic carbocycles. The van der Waals surface area contributed by atoms with Gasteiger partial charge in [-0.25, -0.2) is 4.68 Å². The molecule has 2 saturated heterocycles. The fourth-order valence-corrected chi connectivity index (χ4v) is 6.98. The minimum atomic E-state index is -0.656. The molecule has 3 aliphatic rings. The summed E-state index contributed by atoms with van der Waals surface area (Å²) in [5.41, 5.74) is 1.76. The number of nitrogens with zero attached hydrogens (tertiary/aromatic N) is 5. The van der Waals surface area contributed by atoms with Crippen molar-refractivity contribution < 1.29 is 19.1 Å². The van der Waals surface area contributed by atoms with Gasteiger partial charge in [-0.2, -0.15) is 0 Å². The van der Waals surface area contributed by atoms with Crippen molar-refractivity contribution in [2.45, 2.75) is 32.3 Å². The molecule has 12 heteroatoms. The van der Waals surface area contributed by atoms with Gasteiger partial charge < -0.3 is 9.64 Å². The zero-order valence-electron chi connectivity index (χ0n) is 22.3. The largest absolute Gasteiger partial charge is 0.374 e. The lowest BCUT2D eigenvalue weighted by atomic mass is 9.67. The number of carbonyl (C=O) groups is 3. The van der Waals surface area contributed by atoms with Gasteiger partial charge in [0.2, 0.25) is 17.7 Å². The predicted molar refractivity (Wildman–Crippen MR) is 154 cm³/mol. The van der Waals surface area contributed by atoms with Gasteiger partial charge in [0, 0.05) is 19.5 Å². The Labute approximate surface area is 252 Å². The molecule has 41 heavy (non-hydrogen) atoms. The molecule has 214 valence electrons. The smallest absolute Gasteiger partial charge is 0.238 e. The molecular formula is C29H28Cl3N5O4. The van der Waals surface area contributed by atoms with Crippen LogP contribution in [0, 0.1) is 23.7 Å². The summed E-state index contributed by atoms with van der Waals surface area (Å²) < 4.78 is 7.50. The summed E-state index contributed by atoms with van der Waals surface area (Å²) in [7, 11) is 0. The number of hydrogen-bond acceptors (Lipinski definition) is 6. The van der Waals surface area contributed by atoms with Crippen molar-refractivity contribution in [1.82, 2.24) is 19.9 Å². The maximum Gasteiger partial charge on any atom is 0.238 e. The number of imide groups is 1. The van der Waals surface area contributed by atoms with E-state index in [0.717, 1.165) is 0 Å². The van der Waals surface area contributed by atoms with Crippen LogP contribution in [0.4, 0.5) is 5.69 Å². The highest BCUT2D eigenvalue weighted by molar-refractivity contribution is 6.43. The Kier molecular flexibility index (Phi) is 7.80. The SMILES string of the molecule is CC1CCC(C(=O)N2CCOC(Cc3cn(-c4cc(Cl)c(Cl)cc4Cl)nn3)C2)C2C(=O)N(c3ccccc3)C(=O)C12. The summed E-state index contributed by atoms with van der Waals surface area (Å²) in [6.07, 6.45) is 3.15. The lowest BCUT2D eigenvalue weighted by Gasteiger charge is -2.39. The Morgan fingerprint density at radius 2 is 1.73 bits per heavy atom. The van der Waals surface area contributed by atoms with Gasteiger partial charge in [-0.3, -0.25) is 19.3 Å². The Hall–Kier alpha value is -2.98. The van der Waals surface area contributed by atoms with Crippen LogP contribution in [0.1, 0.15) is 25.5 Å². The molecule has 3 heterocycles. The van der Waals surface area contributed by atoms with Crippen LogP contribution in [0.25, 0.3) is 5.69 Å². The minimum Gasteiger partial charge on any atom is -0.374 e. The first-order valence-electron chi connectivity index (χ1n) is 13.6. The van der Waals surface area contributed by atoms with Crippen molar-refractivity contribution in [2.75, 3.05) is 24.6 Å². The predicted octanol–water partition coefficient (Wildman–Crippen LogP) is 4.85. The van der Waals surface area contributed by atoms with Gasteiger partial charge in [-0.1, -0.05) is 65.1 Å². The van der Waals surface area contributed by atoms with Gasteiger partial charge in [0.25, 0.3) is 0 Å². The Bertz CT molecular complexity index is 1500. The summed E-state index contributed by atoms with van der Waals surface area (Å²) in [6.45, 7) is 3.15. The van der Waals surface area contributed by atoms with Gasteiger partial charge in [0.1, 0.15) is 0 Å². The number of aromatic nitrogens is 3. The van der Waals surface area contributed by atoms with Gasteiger partial charge >= 0.3 is 0 Å². The first kappa shape index (κ1) is 28.2. The average Bonchev–Trinajstić information content (AvgIpc) is 3.53. The van der Waals surface area contributed by atoms with Crippen LogP contribution in [0.15, 0.2) is 48.7 Å². The number of ether oxygens (including phenoxy) is 1.